The Hall–Kier alpha value is -3.06. The summed E-state index contributed by atoms with van der Waals surface area (Å²) >= 11 is 0. The zero-order chi connectivity index (χ0) is 14.8. The summed E-state index contributed by atoms with van der Waals surface area (Å²) in [5.74, 6) is 0.514. The Bertz CT molecular complexity index is 870. The molecule has 1 aromatic carbocycles. The Morgan fingerprint density at radius 2 is 1.86 bits per heavy atom. The van der Waals surface area contributed by atoms with Crippen LogP contribution in [0.2, 0.25) is 0 Å². The SMILES string of the molecule is Cc1[nH]c(=O)c(C#N)c(-c2ccco2)c1-c1ccccc1. The molecule has 3 rings (SSSR count). The van der Waals surface area contributed by atoms with E-state index < -0.39 is 5.56 Å². The number of nitriles is 1. The number of nitrogens with one attached hydrogen (secondary N) is 1. The van der Waals surface area contributed by atoms with Crippen LogP contribution in [-0.2, 0) is 0 Å². The van der Waals surface area contributed by atoms with Crippen LogP contribution in [0.1, 0.15) is 11.3 Å². The lowest BCUT2D eigenvalue weighted by Gasteiger charge is -2.12. The molecule has 0 fully saturated rings. The van der Waals surface area contributed by atoms with Crippen molar-refractivity contribution in [3.63, 3.8) is 0 Å². The van der Waals surface area contributed by atoms with Crippen LogP contribution in [0.15, 0.2) is 57.9 Å². The summed E-state index contributed by atoms with van der Waals surface area (Å²) in [4.78, 5) is 14.8. The second kappa shape index (κ2) is 5.14. The lowest BCUT2D eigenvalue weighted by Crippen LogP contribution is -2.14. The maximum Gasteiger partial charge on any atom is 0.266 e. The largest absolute Gasteiger partial charge is 0.464 e. The van der Waals surface area contributed by atoms with E-state index in [0.717, 1.165) is 11.1 Å². The van der Waals surface area contributed by atoms with Crippen LogP contribution >= 0.6 is 0 Å². The molecule has 102 valence electrons. The van der Waals surface area contributed by atoms with E-state index in [2.05, 4.69) is 4.98 Å². The molecule has 0 aliphatic carbocycles. The molecular formula is C17H12N2O2. The van der Waals surface area contributed by atoms with Crippen molar-refractivity contribution in [3.8, 4) is 28.5 Å². The smallest absolute Gasteiger partial charge is 0.266 e. The first kappa shape index (κ1) is 12.9. The minimum absolute atomic E-state index is 0.0643. The number of aryl methyl sites for hydroxylation is 1. The molecule has 4 heteroatoms. The van der Waals surface area contributed by atoms with E-state index in [-0.39, 0.29) is 5.56 Å². The number of H-pyrrole nitrogens is 1. The van der Waals surface area contributed by atoms with Crippen LogP contribution in [-0.4, -0.2) is 4.98 Å². The van der Waals surface area contributed by atoms with E-state index >= 15 is 0 Å². The summed E-state index contributed by atoms with van der Waals surface area (Å²) in [6, 6.07) is 15.1. The van der Waals surface area contributed by atoms with Gasteiger partial charge in [0.15, 0.2) is 0 Å². The number of rotatable bonds is 2. The number of hydrogen-bond donors (Lipinski definition) is 1. The van der Waals surface area contributed by atoms with Gasteiger partial charge in [-0.1, -0.05) is 30.3 Å². The molecular weight excluding hydrogens is 264 g/mol. The van der Waals surface area contributed by atoms with Crippen LogP contribution in [0.3, 0.4) is 0 Å². The van der Waals surface area contributed by atoms with Crippen molar-refractivity contribution in [2.75, 3.05) is 0 Å². The van der Waals surface area contributed by atoms with Crippen LogP contribution in [0.25, 0.3) is 22.5 Å². The average Bonchev–Trinajstić information content (AvgIpc) is 3.01. The quantitative estimate of drug-likeness (QED) is 0.779. The molecule has 2 aromatic heterocycles. The van der Waals surface area contributed by atoms with E-state index in [0.29, 0.717) is 17.0 Å². The molecule has 0 unspecified atom stereocenters. The predicted molar refractivity (Wildman–Crippen MR) is 79.7 cm³/mol. The third-order valence-electron chi connectivity index (χ3n) is 3.34. The summed E-state index contributed by atoms with van der Waals surface area (Å²) in [7, 11) is 0. The summed E-state index contributed by atoms with van der Waals surface area (Å²) in [5.41, 5.74) is 2.64. The number of pyridine rings is 1. The molecule has 0 bridgehead atoms. The van der Waals surface area contributed by atoms with E-state index in [1.165, 1.54) is 6.26 Å². The van der Waals surface area contributed by atoms with Gasteiger partial charge in [-0.2, -0.15) is 5.26 Å². The molecule has 0 spiro atoms. The predicted octanol–water partition coefficient (Wildman–Crippen LogP) is 3.48. The van der Waals surface area contributed by atoms with Crippen molar-refractivity contribution >= 4 is 0 Å². The van der Waals surface area contributed by atoms with Gasteiger partial charge < -0.3 is 9.40 Å². The van der Waals surface area contributed by atoms with Gasteiger partial charge in [0.2, 0.25) is 0 Å². The summed E-state index contributed by atoms with van der Waals surface area (Å²) in [5, 5.41) is 9.35. The maximum absolute atomic E-state index is 12.1. The van der Waals surface area contributed by atoms with Gasteiger partial charge in [-0.05, 0) is 24.6 Å². The number of furan rings is 1. The van der Waals surface area contributed by atoms with Gasteiger partial charge >= 0.3 is 0 Å². The first-order valence-corrected chi connectivity index (χ1v) is 6.48. The van der Waals surface area contributed by atoms with Gasteiger partial charge in [-0.25, -0.2) is 0 Å². The number of benzene rings is 1. The van der Waals surface area contributed by atoms with Gasteiger partial charge in [0.05, 0.1) is 11.8 Å². The molecule has 0 saturated heterocycles. The first-order valence-electron chi connectivity index (χ1n) is 6.48. The molecule has 21 heavy (non-hydrogen) atoms. The highest BCUT2D eigenvalue weighted by molar-refractivity contribution is 5.86. The summed E-state index contributed by atoms with van der Waals surface area (Å²) in [6.45, 7) is 1.82. The number of aromatic amines is 1. The second-order valence-corrected chi connectivity index (χ2v) is 4.66. The van der Waals surface area contributed by atoms with Gasteiger partial charge in [0, 0.05) is 11.3 Å². The number of hydrogen-bond acceptors (Lipinski definition) is 3. The Balaban J connectivity index is 2.45. The van der Waals surface area contributed by atoms with Gasteiger partial charge in [0.1, 0.15) is 17.4 Å². The second-order valence-electron chi connectivity index (χ2n) is 4.66. The molecule has 0 atom stereocenters. The summed E-state index contributed by atoms with van der Waals surface area (Å²) < 4.78 is 5.43. The molecule has 2 heterocycles. The molecule has 4 nitrogen and oxygen atoms in total. The molecule has 3 aromatic rings. The van der Waals surface area contributed by atoms with E-state index in [9.17, 15) is 10.1 Å². The van der Waals surface area contributed by atoms with Crippen molar-refractivity contribution in [3.05, 3.63) is 70.3 Å². The average molecular weight is 276 g/mol. The van der Waals surface area contributed by atoms with Crippen molar-refractivity contribution in [1.82, 2.24) is 4.98 Å². The zero-order valence-corrected chi connectivity index (χ0v) is 11.4. The van der Waals surface area contributed by atoms with E-state index in [1.54, 1.807) is 12.1 Å². The van der Waals surface area contributed by atoms with Crippen LogP contribution in [0, 0.1) is 18.3 Å². The van der Waals surface area contributed by atoms with Crippen LogP contribution in [0.5, 0.6) is 0 Å². The lowest BCUT2D eigenvalue weighted by molar-refractivity contribution is 0.582. The fourth-order valence-electron chi connectivity index (χ4n) is 2.46. The summed E-state index contributed by atoms with van der Waals surface area (Å²) in [6.07, 6.45) is 1.53. The highest BCUT2D eigenvalue weighted by Gasteiger charge is 2.20. The standard InChI is InChI=1S/C17H12N2O2/c1-11-15(12-6-3-2-4-7-12)16(14-8-5-9-21-14)13(10-18)17(20)19-11/h2-9H,1H3,(H,19,20). The van der Waals surface area contributed by atoms with Gasteiger partial charge in [-0.15, -0.1) is 0 Å². The number of nitrogens with zero attached hydrogens (tertiary/aromatic N) is 1. The highest BCUT2D eigenvalue weighted by atomic mass is 16.3. The molecule has 0 saturated carbocycles. The fraction of sp³-hybridized carbons (Fsp3) is 0.0588. The Kier molecular flexibility index (Phi) is 3.17. The number of aromatic nitrogens is 1. The topological polar surface area (TPSA) is 69.8 Å². The molecule has 0 radical (unpaired) electrons. The lowest BCUT2D eigenvalue weighted by atomic mass is 9.94. The Labute approximate surface area is 121 Å². The van der Waals surface area contributed by atoms with E-state index in [1.807, 2.05) is 43.3 Å². The normalized spacial score (nSPS) is 10.3. The molecule has 0 aliphatic heterocycles. The van der Waals surface area contributed by atoms with Crippen molar-refractivity contribution in [1.29, 1.82) is 5.26 Å². The van der Waals surface area contributed by atoms with Crippen molar-refractivity contribution in [2.24, 2.45) is 0 Å². The zero-order valence-electron chi connectivity index (χ0n) is 11.4. The van der Waals surface area contributed by atoms with Crippen LogP contribution in [0.4, 0.5) is 0 Å². The monoisotopic (exact) mass is 276 g/mol. The Morgan fingerprint density at radius 3 is 2.48 bits per heavy atom. The molecule has 0 aliphatic rings. The Morgan fingerprint density at radius 1 is 1.10 bits per heavy atom. The third-order valence-corrected chi connectivity index (χ3v) is 3.34. The minimum Gasteiger partial charge on any atom is -0.464 e. The highest BCUT2D eigenvalue weighted by Crippen LogP contribution is 2.35. The van der Waals surface area contributed by atoms with Gasteiger partial charge in [-0.3, -0.25) is 4.79 Å². The van der Waals surface area contributed by atoms with Crippen molar-refractivity contribution in [2.45, 2.75) is 6.92 Å². The first-order chi connectivity index (χ1) is 10.2. The van der Waals surface area contributed by atoms with Crippen molar-refractivity contribution < 1.29 is 4.42 Å². The molecule has 1 N–H and O–H groups in total. The van der Waals surface area contributed by atoms with Gasteiger partial charge in [0.25, 0.3) is 5.56 Å². The van der Waals surface area contributed by atoms with E-state index in [4.69, 9.17) is 4.42 Å². The van der Waals surface area contributed by atoms with Crippen LogP contribution < -0.4 is 5.56 Å². The fourth-order valence-corrected chi connectivity index (χ4v) is 2.46. The minimum atomic E-state index is -0.402. The maximum atomic E-state index is 12.1. The molecule has 0 amide bonds. The third kappa shape index (κ3) is 2.15.